The first-order chi connectivity index (χ1) is 9.72. The quantitative estimate of drug-likeness (QED) is 0.450. The summed E-state index contributed by atoms with van der Waals surface area (Å²) >= 11 is 5.75. The Kier molecular flexibility index (Phi) is 6.16. The van der Waals surface area contributed by atoms with Gasteiger partial charge in [-0.15, -0.1) is 0 Å². The Hall–Kier alpha value is -0.750. The van der Waals surface area contributed by atoms with Crippen molar-refractivity contribution in [3.05, 3.63) is 57.2 Å². The van der Waals surface area contributed by atoms with Gasteiger partial charge >= 0.3 is 0 Å². The number of halogens is 2. The third-order valence-electron chi connectivity index (χ3n) is 2.77. The van der Waals surface area contributed by atoms with E-state index in [-0.39, 0.29) is 0 Å². The van der Waals surface area contributed by atoms with Crippen LogP contribution in [0.2, 0.25) is 0 Å². The van der Waals surface area contributed by atoms with Crippen LogP contribution in [-0.2, 0) is 11.9 Å². The summed E-state index contributed by atoms with van der Waals surface area (Å²) < 4.78 is 12.7. The minimum absolute atomic E-state index is 0.546. The van der Waals surface area contributed by atoms with Crippen LogP contribution in [0.15, 0.2) is 42.5 Å². The topological polar surface area (TPSA) is 18.5 Å². The van der Waals surface area contributed by atoms with E-state index in [1.807, 2.05) is 25.1 Å². The Balaban J connectivity index is 2.09. The lowest BCUT2D eigenvalue weighted by atomic mass is 10.2. The van der Waals surface area contributed by atoms with Crippen LogP contribution in [0.25, 0.3) is 0 Å². The molecule has 0 fully saturated rings. The average molecular weight is 447 g/mol. The van der Waals surface area contributed by atoms with Gasteiger partial charge in [0.15, 0.2) is 11.5 Å². The summed E-state index contributed by atoms with van der Waals surface area (Å²) in [7, 11) is 0. The summed E-state index contributed by atoms with van der Waals surface area (Å²) in [6, 6.07) is 14.3. The number of rotatable bonds is 6. The van der Waals surface area contributed by atoms with E-state index in [0.717, 1.165) is 22.4 Å². The highest BCUT2D eigenvalue weighted by molar-refractivity contribution is 14.1. The van der Waals surface area contributed by atoms with Crippen LogP contribution in [0.5, 0.6) is 11.5 Å². The van der Waals surface area contributed by atoms with E-state index < -0.39 is 0 Å². The molecule has 20 heavy (non-hydrogen) atoms. The van der Waals surface area contributed by atoms with Crippen molar-refractivity contribution in [2.45, 2.75) is 18.9 Å². The molecular formula is C16H16BrIO2. The van der Waals surface area contributed by atoms with Gasteiger partial charge < -0.3 is 9.47 Å². The Morgan fingerprint density at radius 3 is 2.30 bits per heavy atom. The first-order valence-corrected chi connectivity index (χ1v) is 8.62. The molecule has 0 spiro atoms. The summed E-state index contributed by atoms with van der Waals surface area (Å²) in [5, 5.41) is 0.810. The normalized spacial score (nSPS) is 10.3. The molecule has 0 aliphatic rings. The number of ether oxygens (including phenoxy) is 2. The van der Waals surface area contributed by atoms with Gasteiger partial charge in [-0.25, -0.2) is 0 Å². The van der Waals surface area contributed by atoms with Gasteiger partial charge in [0, 0.05) is 8.90 Å². The molecular weight excluding hydrogens is 431 g/mol. The van der Waals surface area contributed by atoms with Crippen LogP contribution in [0.4, 0.5) is 0 Å². The van der Waals surface area contributed by atoms with Crippen molar-refractivity contribution in [3.63, 3.8) is 0 Å². The number of alkyl halides is 1. The zero-order chi connectivity index (χ0) is 14.4. The SMILES string of the molecule is CCOc1cc(CBr)ccc1OCc1ccc(I)cc1. The molecule has 0 aliphatic carbocycles. The van der Waals surface area contributed by atoms with Crippen molar-refractivity contribution < 1.29 is 9.47 Å². The zero-order valence-corrected chi connectivity index (χ0v) is 15.0. The molecule has 106 valence electrons. The first-order valence-electron chi connectivity index (χ1n) is 6.42. The average Bonchev–Trinajstić information content (AvgIpc) is 2.48. The van der Waals surface area contributed by atoms with Crippen molar-refractivity contribution in [1.29, 1.82) is 0 Å². The van der Waals surface area contributed by atoms with Gasteiger partial charge in [0.1, 0.15) is 6.61 Å². The zero-order valence-electron chi connectivity index (χ0n) is 11.2. The van der Waals surface area contributed by atoms with Gasteiger partial charge in [-0.05, 0) is 64.9 Å². The van der Waals surface area contributed by atoms with Crippen molar-refractivity contribution in [1.82, 2.24) is 0 Å². The highest BCUT2D eigenvalue weighted by Gasteiger charge is 2.06. The second-order valence-electron chi connectivity index (χ2n) is 4.26. The predicted molar refractivity (Wildman–Crippen MR) is 93.7 cm³/mol. The van der Waals surface area contributed by atoms with Crippen LogP contribution in [0.3, 0.4) is 0 Å². The predicted octanol–water partition coefficient (Wildman–Crippen LogP) is 5.16. The van der Waals surface area contributed by atoms with Crippen LogP contribution >= 0.6 is 38.5 Å². The monoisotopic (exact) mass is 446 g/mol. The number of hydrogen-bond acceptors (Lipinski definition) is 2. The minimum atomic E-state index is 0.546. The Bertz CT molecular complexity index is 555. The van der Waals surface area contributed by atoms with Gasteiger partial charge in [0.2, 0.25) is 0 Å². The smallest absolute Gasteiger partial charge is 0.161 e. The largest absolute Gasteiger partial charge is 0.490 e. The second kappa shape index (κ2) is 7.88. The van der Waals surface area contributed by atoms with Gasteiger partial charge in [0.25, 0.3) is 0 Å². The van der Waals surface area contributed by atoms with Crippen molar-refractivity contribution >= 4 is 38.5 Å². The van der Waals surface area contributed by atoms with E-state index in [4.69, 9.17) is 9.47 Å². The standard InChI is InChI=1S/C16H16BrIO2/c1-2-19-16-9-13(10-17)5-8-15(16)20-11-12-3-6-14(18)7-4-12/h3-9H,2,10-11H2,1H3. The lowest BCUT2D eigenvalue weighted by Gasteiger charge is -2.13. The highest BCUT2D eigenvalue weighted by atomic mass is 127. The third kappa shape index (κ3) is 4.38. The van der Waals surface area contributed by atoms with Crippen LogP contribution in [0, 0.1) is 3.57 Å². The second-order valence-corrected chi connectivity index (χ2v) is 6.07. The summed E-state index contributed by atoms with van der Waals surface area (Å²) in [5.41, 5.74) is 2.33. The maximum atomic E-state index is 5.87. The van der Waals surface area contributed by atoms with Gasteiger partial charge in [-0.3, -0.25) is 0 Å². The van der Waals surface area contributed by atoms with Crippen molar-refractivity contribution in [3.8, 4) is 11.5 Å². The fourth-order valence-electron chi connectivity index (χ4n) is 1.76. The molecule has 2 aromatic carbocycles. The van der Waals surface area contributed by atoms with E-state index in [9.17, 15) is 0 Å². The molecule has 4 heteroatoms. The van der Waals surface area contributed by atoms with Gasteiger partial charge in [-0.1, -0.05) is 34.1 Å². The molecule has 0 aliphatic heterocycles. The van der Waals surface area contributed by atoms with E-state index in [1.165, 1.54) is 9.13 Å². The van der Waals surface area contributed by atoms with E-state index in [2.05, 4.69) is 62.8 Å². The van der Waals surface area contributed by atoms with E-state index in [0.29, 0.717) is 13.2 Å². The van der Waals surface area contributed by atoms with Crippen LogP contribution in [0.1, 0.15) is 18.1 Å². The molecule has 0 aromatic heterocycles. The summed E-state index contributed by atoms with van der Waals surface area (Å²) in [5.74, 6) is 1.59. The molecule has 0 saturated carbocycles. The molecule has 0 heterocycles. The van der Waals surface area contributed by atoms with Gasteiger partial charge in [0.05, 0.1) is 6.61 Å². The molecule has 2 rings (SSSR count). The molecule has 0 saturated heterocycles. The molecule has 2 nitrogen and oxygen atoms in total. The maximum Gasteiger partial charge on any atom is 0.161 e. The van der Waals surface area contributed by atoms with Crippen LogP contribution in [-0.4, -0.2) is 6.61 Å². The lowest BCUT2D eigenvalue weighted by molar-refractivity contribution is 0.269. The molecule has 0 atom stereocenters. The lowest BCUT2D eigenvalue weighted by Crippen LogP contribution is -2.00. The molecule has 0 unspecified atom stereocenters. The maximum absolute atomic E-state index is 5.87. The first kappa shape index (κ1) is 15.6. The summed E-state index contributed by atoms with van der Waals surface area (Å²) in [4.78, 5) is 0. The Morgan fingerprint density at radius 2 is 1.65 bits per heavy atom. The van der Waals surface area contributed by atoms with Crippen molar-refractivity contribution in [2.24, 2.45) is 0 Å². The number of hydrogen-bond donors (Lipinski definition) is 0. The van der Waals surface area contributed by atoms with Gasteiger partial charge in [-0.2, -0.15) is 0 Å². The third-order valence-corrected chi connectivity index (χ3v) is 4.14. The fourth-order valence-corrected chi connectivity index (χ4v) is 2.47. The fraction of sp³-hybridized carbons (Fsp3) is 0.250. The Labute approximate surface area is 141 Å². The minimum Gasteiger partial charge on any atom is -0.490 e. The molecule has 0 N–H and O–H groups in total. The Morgan fingerprint density at radius 1 is 0.950 bits per heavy atom. The molecule has 0 bridgehead atoms. The van der Waals surface area contributed by atoms with E-state index in [1.54, 1.807) is 0 Å². The van der Waals surface area contributed by atoms with E-state index >= 15 is 0 Å². The molecule has 2 aromatic rings. The molecule has 0 radical (unpaired) electrons. The molecule has 0 amide bonds. The summed E-state index contributed by atoms with van der Waals surface area (Å²) in [6.07, 6.45) is 0. The van der Waals surface area contributed by atoms with Crippen molar-refractivity contribution in [2.75, 3.05) is 6.61 Å². The highest BCUT2D eigenvalue weighted by Crippen LogP contribution is 2.30. The summed E-state index contributed by atoms with van der Waals surface area (Å²) in [6.45, 7) is 3.15. The number of benzene rings is 2. The van der Waals surface area contributed by atoms with Crippen LogP contribution < -0.4 is 9.47 Å².